The first kappa shape index (κ1) is 11.1. The number of carboxylic acids is 1. The highest BCUT2D eigenvalue weighted by Gasteiger charge is 2.14. The molecule has 8 heteroatoms. The molecule has 1 N–H and O–H groups in total. The van der Waals surface area contributed by atoms with Crippen LogP contribution >= 0.6 is 23.3 Å². The number of halogens is 1. The molecule has 0 amide bonds. The second-order valence-electron chi connectivity index (χ2n) is 3.50. The van der Waals surface area contributed by atoms with Gasteiger partial charge >= 0.3 is 5.97 Å². The van der Waals surface area contributed by atoms with Crippen LogP contribution in [0.2, 0.25) is 5.02 Å². The third-order valence-corrected chi connectivity index (χ3v) is 3.26. The minimum Gasteiger partial charge on any atom is -0.476 e. The normalized spacial score (nSPS) is 10.9. The van der Waals surface area contributed by atoms with E-state index in [4.69, 9.17) is 16.7 Å². The highest BCUT2D eigenvalue weighted by molar-refractivity contribution is 7.00. The Balaban J connectivity index is 2.26. The summed E-state index contributed by atoms with van der Waals surface area (Å²) < 4.78 is 9.81. The zero-order chi connectivity index (χ0) is 12.7. The van der Waals surface area contributed by atoms with Crippen LogP contribution in [-0.2, 0) is 0 Å². The van der Waals surface area contributed by atoms with E-state index >= 15 is 0 Å². The summed E-state index contributed by atoms with van der Waals surface area (Å²) in [4.78, 5) is 14.6. The fourth-order valence-corrected chi connectivity index (χ4v) is 2.40. The third-order valence-electron chi connectivity index (χ3n) is 2.41. The smallest absolute Gasteiger partial charge is 0.356 e. The quantitative estimate of drug-likeness (QED) is 0.778. The molecule has 0 aliphatic rings. The molecule has 3 aromatic rings. The topological polar surface area (TPSA) is 80.9 Å². The van der Waals surface area contributed by atoms with Gasteiger partial charge in [0.15, 0.2) is 5.69 Å². The molecule has 6 nitrogen and oxygen atoms in total. The number of aromatic nitrogens is 4. The molecule has 0 saturated carbocycles. The van der Waals surface area contributed by atoms with E-state index < -0.39 is 5.97 Å². The van der Waals surface area contributed by atoms with Gasteiger partial charge in [-0.15, -0.1) is 0 Å². The van der Waals surface area contributed by atoms with Crippen molar-refractivity contribution in [1.29, 1.82) is 0 Å². The third kappa shape index (κ3) is 1.64. The van der Waals surface area contributed by atoms with Crippen LogP contribution in [0.3, 0.4) is 0 Å². The zero-order valence-electron chi connectivity index (χ0n) is 8.74. The first-order valence-corrected chi connectivity index (χ1v) is 5.96. The monoisotopic (exact) mass is 280 g/mol. The lowest BCUT2D eigenvalue weighted by atomic mass is 10.2. The minimum absolute atomic E-state index is 0.0498. The molecule has 0 atom stereocenters. The molecule has 0 bridgehead atoms. The molecular weight excluding hydrogens is 276 g/mol. The molecule has 0 aliphatic carbocycles. The lowest BCUT2D eigenvalue weighted by Gasteiger charge is -2.04. The number of fused-ring (bicyclic) bond motifs is 1. The summed E-state index contributed by atoms with van der Waals surface area (Å²) in [7, 11) is 0. The second kappa shape index (κ2) is 4.04. The molecule has 3 rings (SSSR count). The molecule has 0 spiro atoms. The van der Waals surface area contributed by atoms with E-state index in [2.05, 4.69) is 13.7 Å². The number of carbonyl (C=O) groups is 1. The number of hydrogen-bond donors (Lipinski definition) is 1. The molecule has 18 heavy (non-hydrogen) atoms. The van der Waals surface area contributed by atoms with Gasteiger partial charge in [-0.1, -0.05) is 11.6 Å². The zero-order valence-corrected chi connectivity index (χ0v) is 10.3. The van der Waals surface area contributed by atoms with Crippen LogP contribution < -0.4 is 0 Å². The summed E-state index contributed by atoms with van der Waals surface area (Å²) in [6, 6.07) is 3.46. The van der Waals surface area contributed by atoms with E-state index in [1.54, 1.807) is 12.1 Å². The highest BCUT2D eigenvalue weighted by atomic mass is 35.5. The molecule has 90 valence electrons. The number of carboxylic acid groups (broad SMARTS) is 1. The standard InChI is InChI=1S/C10H5ClN4O2S/c11-5-1-2-6-8(14-18-13-6)9(5)15-3-7(10(16)17)12-4-15/h1-4H,(H,16,17). The van der Waals surface area contributed by atoms with Gasteiger partial charge in [-0.05, 0) is 12.1 Å². The highest BCUT2D eigenvalue weighted by Crippen LogP contribution is 2.28. The number of nitrogens with zero attached hydrogens (tertiary/aromatic N) is 4. The van der Waals surface area contributed by atoms with Gasteiger partial charge in [0, 0.05) is 6.20 Å². The maximum absolute atomic E-state index is 10.8. The van der Waals surface area contributed by atoms with Crippen molar-refractivity contribution in [2.75, 3.05) is 0 Å². The predicted molar refractivity (Wildman–Crippen MR) is 66.5 cm³/mol. The van der Waals surface area contributed by atoms with Gasteiger partial charge < -0.3 is 9.67 Å². The van der Waals surface area contributed by atoms with Gasteiger partial charge in [0.1, 0.15) is 17.4 Å². The van der Waals surface area contributed by atoms with Crippen LogP contribution in [-0.4, -0.2) is 29.4 Å². The molecular formula is C10H5ClN4O2S. The summed E-state index contributed by atoms with van der Waals surface area (Å²) in [5.41, 5.74) is 1.88. The van der Waals surface area contributed by atoms with Gasteiger partial charge in [0.2, 0.25) is 0 Å². The predicted octanol–water partition coefficient (Wildman–Crippen LogP) is 2.23. The molecule has 2 aromatic heterocycles. The van der Waals surface area contributed by atoms with Crippen LogP contribution in [0.1, 0.15) is 10.5 Å². The Morgan fingerprint density at radius 3 is 2.94 bits per heavy atom. The summed E-state index contributed by atoms with van der Waals surface area (Å²) in [5, 5.41) is 9.32. The van der Waals surface area contributed by atoms with Crippen LogP contribution in [0, 0.1) is 0 Å². The first-order chi connectivity index (χ1) is 8.66. The maximum atomic E-state index is 10.8. The van der Waals surface area contributed by atoms with Crippen molar-refractivity contribution >= 4 is 40.3 Å². The van der Waals surface area contributed by atoms with Crippen LogP contribution in [0.5, 0.6) is 0 Å². The lowest BCUT2D eigenvalue weighted by molar-refractivity contribution is 0.0691. The van der Waals surface area contributed by atoms with E-state index in [1.807, 2.05) is 0 Å². The Labute approximate surface area is 110 Å². The molecule has 0 saturated heterocycles. The average molecular weight is 281 g/mol. The SMILES string of the molecule is O=C(O)c1cn(-c2c(Cl)ccc3nsnc23)cn1. The Morgan fingerprint density at radius 2 is 2.22 bits per heavy atom. The van der Waals surface area contributed by atoms with Crippen molar-refractivity contribution in [2.45, 2.75) is 0 Å². The molecule has 1 aromatic carbocycles. The van der Waals surface area contributed by atoms with Crippen molar-refractivity contribution in [3.05, 3.63) is 35.4 Å². The number of aromatic carboxylic acids is 1. The summed E-state index contributed by atoms with van der Waals surface area (Å²) >= 11 is 7.20. The maximum Gasteiger partial charge on any atom is 0.356 e. The number of hydrogen-bond acceptors (Lipinski definition) is 5. The van der Waals surface area contributed by atoms with Crippen molar-refractivity contribution in [3.63, 3.8) is 0 Å². The van der Waals surface area contributed by atoms with Crippen LogP contribution in [0.25, 0.3) is 16.7 Å². The van der Waals surface area contributed by atoms with E-state index in [1.165, 1.54) is 17.1 Å². The Kier molecular flexibility index (Phi) is 2.49. The Bertz CT molecular complexity index is 751. The summed E-state index contributed by atoms with van der Waals surface area (Å²) in [5.74, 6) is -1.09. The minimum atomic E-state index is -1.09. The van der Waals surface area contributed by atoms with Crippen molar-refractivity contribution in [2.24, 2.45) is 0 Å². The molecule has 0 unspecified atom stereocenters. The number of imidazole rings is 1. The fourth-order valence-electron chi connectivity index (χ4n) is 1.61. The Hall–Kier alpha value is -1.99. The molecule has 0 radical (unpaired) electrons. The summed E-state index contributed by atoms with van der Waals surface area (Å²) in [6.45, 7) is 0. The van der Waals surface area contributed by atoms with E-state index in [0.29, 0.717) is 21.7 Å². The molecule has 0 fully saturated rings. The van der Waals surface area contributed by atoms with Gasteiger partial charge in [0.05, 0.1) is 22.4 Å². The van der Waals surface area contributed by atoms with Crippen LogP contribution in [0.15, 0.2) is 24.7 Å². The second-order valence-corrected chi connectivity index (χ2v) is 4.43. The van der Waals surface area contributed by atoms with Crippen LogP contribution in [0.4, 0.5) is 0 Å². The van der Waals surface area contributed by atoms with Gasteiger partial charge in [-0.2, -0.15) is 8.75 Å². The van der Waals surface area contributed by atoms with Crippen molar-refractivity contribution < 1.29 is 9.90 Å². The largest absolute Gasteiger partial charge is 0.476 e. The molecule has 2 heterocycles. The lowest BCUT2D eigenvalue weighted by Crippen LogP contribution is -1.96. The Morgan fingerprint density at radius 1 is 1.39 bits per heavy atom. The van der Waals surface area contributed by atoms with Gasteiger partial charge in [-0.25, -0.2) is 9.78 Å². The van der Waals surface area contributed by atoms with E-state index in [9.17, 15) is 4.79 Å². The molecule has 0 aliphatic heterocycles. The van der Waals surface area contributed by atoms with E-state index in [-0.39, 0.29) is 5.69 Å². The van der Waals surface area contributed by atoms with Crippen molar-refractivity contribution in [1.82, 2.24) is 18.3 Å². The number of rotatable bonds is 2. The fraction of sp³-hybridized carbons (Fsp3) is 0. The number of benzene rings is 1. The average Bonchev–Trinajstić information content (AvgIpc) is 2.95. The van der Waals surface area contributed by atoms with E-state index in [0.717, 1.165) is 11.7 Å². The summed E-state index contributed by atoms with van der Waals surface area (Å²) in [6.07, 6.45) is 2.78. The first-order valence-electron chi connectivity index (χ1n) is 4.85. The van der Waals surface area contributed by atoms with Crippen molar-refractivity contribution in [3.8, 4) is 5.69 Å². The van der Waals surface area contributed by atoms with Gasteiger partial charge in [-0.3, -0.25) is 0 Å². The van der Waals surface area contributed by atoms with Gasteiger partial charge in [0.25, 0.3) is 0 Å².